The summed E-state index contributed by atoms with van der Waals surface area (Å²) in [4.78, 5) is 16.8. The van der Waals surface area contributed by atoms with Gasteiger partial charge in [0.05, 0.1) is 11.4 Å². The molecular formula is C19H16Cl2N2O2. The van der Waals surface area contributed by atoms with Crippen LogP contribution in [0.2, 0.25) is 0 Å². The number of fused-ring (bicyclic) bond motifs is 1. The van der Waals surface area contributed by atoms with Crippen molar-refractivity contribution in [2.75, 3.05) is 0 Å². The van der Waals surface area contributed by atoms with Crippen LogP contribution in [0.3, 0.4) is 0 Å². The smallest absolute Gasteiger partial charge is 0.311 e. The molecule has 25 heavy (non-hydrogen) atoms. The first kappa shape index (κ1) is 17.7. The van der Waals surface area contributed by atoms with Crippen LogP contribution in [-0.4, -0.2) is 11.0 Å². The Kier molecular flexibility index (Phi) is 4.73. The van der Waals surface area contributed by atoms with Crippen LogP contribution in [0.4, 0.5) is 0 Å². The van der Waals surface area contributed by atoms with E-state index in [1.807, 2.05) is 50.2 Å². The molecular weight excluding hydrogens is 359 g/mol. The summed E-state index contributed by atoms with van der Waals surface area (Å²) in [7, 11) is 0. The number of halogens is 2. The monoisotopic (exact) mass is 374 g/mol. The molecule has 6 heteroatoms. The molecule has 1 fully saturated rings. The highest BCUT2D eigenvalue weighted by Gasteiger charge is 2.62. The molecule has 3 rings (SSSR count). The number of hydrogen-bond acceptors (Lipinski definition) is 4. The standard InChI is InChI=1S/C19H16Cl2N2O2/c1-19(2)13(8-16(20)21)17(19)18(24)25-15(9-22)12-7-11-5-3-4-6-14(11)23-10-12/h3-8,10,13,15,17H,1-2H3. The first-order valence-corrected chi connectivity index (χ1v) is 8.58. The minimum Gasteiger partial charge on any atom is -0.442 e. The number of nitrogens with zero attached hydrogens (tertiary/aromatic N) is 2. The van der Waals surface area contributed by atoms with Gasteiger partial charge in [-0.05, 0) is 29.5 Å². The van der Waals surface area contributed by atoms with E-state index >= 15 is 0 Å². The van der Waals surface area contributed by atoms with Gasteiger partial charge in [0.15, 0.2) is 0 Å². The average Bonchev–Trinajstić information content (AvgIpc) is 3.11. The van der Waals surface area contributed by atoms with Crippen molar-refractivity contribution in [3.8, 4) is 6.07 Å². The number of rotatable bonds is 4. The fourth-order valence-electron chi connectivity index (χ4n) is 3.16. The third-order valence-corrected chi connectivity index (χ3v) is 4.99. The van der Waals surface area contributed by atoms with E-state index in [2.05, 4.69) is 4.98 Å². The fourth-order valence-corrected chi connectivity index (χ4v) is 3.44. The summed E-state index contributed by atoms with van der Waals surface area (Å²) < 4.78 is 5.58. The van der Waals surface area contributed by atoms with Crippen LogP contribution in [0.25, 0.3) is 10.9 Å². The molecule has 3 unspecified atom stereocenters. The minimum absolute atomic E-state index is 0.0981. The van der Waals surface area contributed by atoms with E-state index in [-0.39, 0.29) is 21.7 Å². The fraction of sp³-hybridized carbons (Fsp3) is 0.316. The molecule has 1 aliphatic rings. The van der Waals surface area contributed by atoms with Crippen molar-refractivity contribution in [2.24, 2.45) is 17.3 Å². The quantitative estimate of drug-likeness (QED) is 0.711. The van der Waals surface area contributed by atoms with E-state index in [0.717, 1.165) is 10.9 Å². The molecule has 4 nitrogen and oxygen atoms in total. The molecule has 3 atom stereocenters. The van der Waals surface area contributed by atoms with E-state index in [0.29, 0.717) is 5.56 Å². The van der Waals surface area contributed by atoms with E-state index in [1.54, 1.807) is 12.3 Å². The van der Waals surface area contributed by atoms with Crippen LogP contribution < -0.4 is 0 Å². The van der Waals surface area contributed by atoms with Gasteiger partial charge in [-0.15, -0.1) is 0 Å². The highest BCUT2D eigenvalue weighted by atomic mass is 35.5. The summed E-state index contributed by atoms with van der Waals surface area (Å²) in [5.74, 6) is -0.899. The van der Waals surface area contributed by atoms with Gasteiger partial charge in [-0.25, -0.2) is 0 Å². The minimum atomic E-state index is -1.00. The second-order valence-electron chi connectivity index (χ2n) is 6.69. The van der Waals surface area contributed by atoms with Gasteiger partial charge in [0.1, 0.15) is 10.6 Å². The average molecular weight is 375 g/mol. The van der Waals surface area contributed by atoms with Crippen molar-refractivity contribution in [1.82, 2.24) is 4.98 Å². The van der Waals surface area contributed by atoms with Crippen molar-refractivity contribution in [1.29, 1.82) is 5.26 Å². The number of para-hydroxylation sites is 1. The maximum atomic E-state index is 12.5. The largest absolute Gasteiger partial charge is 0.442 e. The molecule has 0 radical (unpaired) electrons. The van der Waals surface area contributed by atoms with Crippen LogP contribution in [0, 0.1) is 28.6 Å². The maximum Gasteiger partial charge on any atom is 0.311 e. The van der Waals surface area contributed by atoms with Gasteiger partial charge >= 0.3 is 5.97 Å². The number of aromatic nitrogens is 1. The summed E-state index contributed by atoms with van der Waals surface area (Å²) in [5.41, 5.74) is 1.07. The van der Waals surface area contributed by atoms with Crippen LogP contribution in [0.15, 0.2) is 47.1 Å². The summed E-state index contributed by atoms with van der Waals surface area (Å²) in [6, 6.07) is 11.4. The van der Waals surface area contributed by atoms with Crippen LogP contribution in [0.5, 0.6) is 0 Å². The van der Waals surface area contributed by atoms with Crippen LogP contribution in [-0.2, 0) is 9.53 Å². The van der Waals surface area contributed by atoms with Gasteiger partial charge in [-0.1, -0.05) is 55.2 Å². The second-order valence-corrected chi connectivity index (χ2v) is 7.70. The third kappa shape index (κ3) is 3.49. The van der Waals surface area contributed by atoms with Crippen molar-refractivity contribution >= 4 is 40.1 Å². The number of ether oxygens (including phenoxy) is 1. The highest BCUT2D eigenvalue weighted by Crippen LogP contribution is 2.60. The normalized spacial score (nSPS) is 21.9. The first-order valence-electron chi connectivity index (χ1n) is 7.82. The number of nitriles is 1. The Morgan fingerprint density at radius 2 is 2.12 bits per heavy atom. The number of allylic oxidation sites excluding steroid dienone is 1. The summed E-state index contributed by atoms with van der Waals surface area (Å²) in [6.45, 7) is 3.88. The van der Waals surface area contributed by atoms with Crippen molar-refractivity contribution in [3.63, 3.8) is 0 Å². The predicted molar refractivity (Wildman–Crippen MR) is 96.7 cm³/mol. The van der Waals surface area contributed by atoms with Gasteiger partial charge in [0, 0.05) is 17.1 Å². The molecule has 0 N–H and O–H groups in total. The van der Waals surface area contributed by atoms with Crippen molar-refractivity contribution in [3.05, 3.63) is 52.7 Å². The lowest BCUT2D eigenvalue weighted by Crippen LogP contribution is -2.14. The molecule has 1 saturated carbocycles. The summed E-state index contributed by atoms with van der Waals surface area (Å²) >= 11 is 11.4. The molecule has 1 aliphatic carbocycles. The van der Waals surface area contributed by atoms with Crippen molar-refractivity contribution < 1.29 is 9.53 Å². The Labute approximate surface area is 156 Å². The zero-order valence-electron chi connectivity index (χ0n) is 13.7. The number of hydrogen-bond donors (Lipinski definition) is 0. The Balaban J connectivity index is 1.79. The topological polar surface area (TPSA) is 63.0 Å². The summed E-state index contributed by atoms with van der Waals surface area (Å²) in [6.07, 6.45) is 2.21. The molecule has 0 amide bonds. The summed E-state index contributed by atoms with van der Waals surface area (Å²) in [5, 5.41) is 10.3. The Bertz CT molecular complexity index is 898. The molecule has 128 valence electrons. The van der Waals surface area contributed by atoms with Crippen molar-refractivity contribution in [2.45, 2.75) is 20.0 Å². The van der Waals surface area contributed by atoms with Gasteiger partial charge in [0.2, 0.25) is 6.10 Å². The second kappa shape index (κ2) is 6.67. The Hall–Kier alpha value is -2.09. The number of carbonyl (C=O) groups is 1. The number of benzene rings is 1. The maximum absolute atomic E-state index is 12.5. The predicted octanol–water partition coefficient (Wildman–Crippen LogP) is 4.93. The first-order chi connectivity index (χ1) is 11.8. The lowest BCUT2D eigenvalue weighted by molar-refractivity contribution is -0.149. The molecule has 0 spiro atoms. The Morgan fingerprint density at radius 1 is 1.40 bits per heavy atom. The van der Waals surface area contributed by atoms with E-state index in [9.17, 15) is 10.1 Å². The molecule has 0 aliphatic heterocycles. The number of pyridine rings is 1. The lowest BCUT2D eigenvalue weighted by Gasteiger charge is -2.12. The number of esters is 1. The molecule has 2 aromatic rings. The zero-order chi connectivity index (χ0) is 18.2. The van der Waals surface area contributed by atoms with Gasteiger partial charge in [-0.3, -0.25) is 9.78 Å². The van der Waals surface area contributed by atoms with E-state index in [4.69, 9.17) is 27.9 Å². The molecule has 1 aromatic carbocycles. The molecule has 1 heterocycles. The van der Waals surface area contributed by atoms with Gasteiger partial charge in [-0.2, -0.15) is 5.26 Å². The Morgan fingerprint density at radius 3 is 2.80 bits per heavy atom. The van der Waals surface area contributed by atoms with E-state index in [1.165, 1.54) is 0 Å². The molecule has 0 bridgehead atoms. The number of carbonyl (C=O) groups excluding carboxylic acids is 1. The lowest BCUT2D eigenvalue weighted by atomic mass is 10.1. The van der Waals surface area contributed by atoms with Gasteiger partial charge in [0.25, 0.3) is 0 Å². The van der Waals surface area contributed by atoms with Crippen LogP contribution in [0.1, 0.15) is 25.5 Å². The van der Waals surface area contributed by atoms with E-state index < -0.39 is 12.1 Å². The highest BCUT2D eigenvalue weighted by molar-refractivity contribution is 6.55. The molecule has 1 aromatic heterocycles. The third-order valence-electron chi connectivity index (χ3n) is 4.74. The van der Waals surface area contributed by atoms with Crippen LogP contribution >= 0.6 is 23.2 Å². The SMILES string of the molecule is CC1(C)C(C=C(Cl)Cl)C1C(=O)OC(C#N)c1cnc2ccccc2c1. The molecule has 0 saturated heterocycles. The van der Waals surface area contributed by atoms with Gasteiger partial charge < -0.3 is 4.74 Å². The zero-order valence-corrected chi connectivity index (χ0v) is 15.3.